The molecule has 6 rings (SSSR count). The molecule has 3 aromatic heterocycles. The average Bonchev–Trinajstić information content (AvgIpc) is 3.71. The van der Waals surface area contributed by atoms with Crippen molar-refractivity contribution in [1.82, 2.24) is 14.9 Å². The molecule has 0 spiro atoms. The van der Waals surface area contributed by atoms with Gasteiger partial charge in [0.15, 0.2) is 0 Å². The molecule has 0 bridgehead atoms. The minimum atomic E-state index is -0.365. The second-order valence-corrected chi connectivity index (χ2v) is 11.9. The fraction of sp³-hybridized carbons (Fsp3) is 0.333. The summed E-state index contributed by atoms with van der Waals surface area (Å²) >= 11 is 1.56. The van der Waals surface area contributed by atoms with E-state index in [-0.39, 0.29) is 24.5 Å². The highest BCUT2D eigenvalue weighted by Gasteiger charge is 2.33. The maximum atomic E-state index is 13.7. The Morgan fingerprint density at radius 1 is 1.08 bits per heavy atom. The van der Waals surface area contributed by atoms with Crippen molar-refractivity contribution in [2.75, 3.05) is 6.61 Å². The first-order valence-electron chi connectivity index (χ1n) is 13.9. The number of aryl methyl sites for hydroxylation is 2. The molecule has 3 heterocycles. The van der Waals surface area contributed by atoms with Crippen LogP contribution in [0.1, 0.15) is 64.9 Å². The van der Waals surface area contributed by atoms with Gasteiger partial charge in [0.05, 0.1) is 24.1 Å². The third-order valence-corrected chi connectivity index (χ3v) is 9.25. The van der Waals surface area contributed by atoms with Gasteiger partial charge in [-0.3, -0.25) is 4.79 Å². The molecule has 1 amide bonds. The second kappa shape index (κ2) is 10.9. The zero-order valence-electron chi connectivity index (χ0n) is 22.6. The van der Waals surface area contributed by atoms with Crippen molar-refractivity contribution in [3.8, 4) is 0 Å². The Morgan fingerprint density at radius 2 is 1.85 bits per heavy atom. The molecule has 5 aromatic rings. The van der Waals surface area contributed by atoms with Crippen LogP contribution < -0.4 is 5.32 Å². The molecule has 0 saturated heterocycles. The average molecular weight is 538 g/mol. The lowest BCUT2D eigenvalue weighted by Gasteiger charge is -2.26. The summed E-state index contributed by atoms with van der Waals surface area (Å²) in [7, 11) is 0. The summed E-state index contributed by atoms with van der Waals surface area (Å²) in [6.45, 7) is 4.83. The quantitative estimate of drug-likeness (QED) is 0.223. The molecule has 1 aliphatic rings. The second-order valence-electron chi connectivity index (χ2n) is 10.9. The summed E-state index contributed by atoms with van der Waals surface area (Å²) in [5.41, 5.74) is 6.71. The number of carbonyl (C=O) groups is 1. The minimum absolute atomic E-state index is 0.0136. The summed E-state index contributed by atoms with van der Waals surface area (Å²) < 4.78 is 2.31. The smallest absolute Gasteiger partial charge is 0.228 e. The van der Waals surface area contributed by atoms with Crippen LogP contribution in [-0.2, 0) is 11.3 Å². The number of aromatic nitrogens is 2. The van der Waals surface area contributed by atoms with Gasteiger partial charge in [0, 0.05) is 27.9 Å². The molecule has 0 radical (unpaired) electrons. The van der Waals surface area contributed by atoms with Crippen LogP contribution in [-0.4, -0.2) is 27.2 Å². The third kappa shape index (κ3) is 4.99. The molecule has 6 heteroatoms. The van der Waals surface area contributed by atoms with Crippen LogP contribution in [0.4, 0.5) is 0 Å². The molecule has 5 nitrogen and oxygen atoms in total. The topological polar surface area (TPSA) is 67.2 Å². The standard InChI is InChI=1S/C33H35N3O2S/c1-21-18-22(2)34-32-30(21)26-10-5-6-11-28(26)36(32)19-23-13-15-25(16-14-23)31(24-8-3-4-9-24)33(38)35-27(20-37)29-12-7-17-39-29/h5-7,10-18,24,27,31,37H,3-4,8-9,19-20H2,1-2H3,(H,35,38). The van der Waals surface area contributed by atoms with Crippen LogP contribution in [0.2, 0.25) is 0 Å². The molecule has 2 atom stereocenters. The normalized spacial score (nSPS) is 15.7. The predicted molar refractivity (Wildman–Crippen MR) is 159 cm³/mol. The summed E-state index contributed by atoms with van der Waals surface area (Å²) in [5.74, 6) is 0.126. The fourth-order valence-electron chi connectivity index (χ4n) is 6.44. The number of nitrogens with zero attached hydrogens (tertiary/aromatic N) is 2. The molecule has 39 heavy (non-hydrogen) atoms. The Morgan fingerprint density at radius 3 is 2.56 bits per heavy atom. The largest absolute Gasteiger partial charge is 0.394 e. The number of nitrogens with one attached hydrogen (secondary N) is 1. The van der Waals surface area contributed by atoms with Gasteiger partial charge in [-0.15, -0.1) is 11.3 Å². The van der Waals surface area contributed by atoms with E-state index in [9.17, 15) is 9.90 Å². The van der Waals surface area contributed by atoms with Crippen LogP contribution in [0.5, 0.6) is 0 Å². The predicted octanol–water partition coefficient (Wildman–Crippen LogP) is 7.04. The van der Waals surface area contributed by atoms with Crippen molar-refractivity contribution in [3.05, 3.63) is 99.4 Å². The summed E-state index contributed by atoms with van der Waals surface area (Å²) in [4.78, 5) is 19.6. The number of benzene rings is 2. The lowest BCUT2D eigenvalue weighted by atomic mass is 9.83. The number of para-hydroxylation sites is 1. The van der Waals surface area contributed by atoms with E-state index in [2.05, 4.69) is 78.3 Å². The van der Waals surface area contributed by atoms with Crippen molar-refractivity contribution in [2.24, 2.45) is 5.92 Å². The van der Waals surface area contributed by atoms with E-state index in [1.54, 1.807) is 11.3 Å². The van der Waals surface area contributed by atoms with Crippen molar-refractivity contribution < 1.29 is 9.90 Å². The highest BCUT2D eigenvalue weighted by atomic mass is 32.1. The molecule has 0 aliphatic heterocycles. The Labute approximate surface area is 233 Å². The van der Waals surface area contributed by atoms with E-state index in [4.69, 9.17) is 4.98 Å². The number of fused-ring (bicyclic) bond motifs is 3. The lowest BCUT2D eigenvalue weighted by molar-refractivity contribution is -0.124. The number of thiophene rings is 1. The van der Waals surface area contributed by atoms with Crippen molar-refractivity contribution in [3.63, 3.8) is 0 Å². The Hall–Kier alpha value is -3.48. The van der Waals surface area contributed by atoms with Gasteiger partial charge in [-0.1, -0.05) is 61.4 Å². The number of carbonyl (C=O) groups excluding carboxylic acids is 1. The number of hydrogen-bond donors (Lipinski definition) is 2. The van der Waals surface area contributed by atoms with E-state index < -0.39 is 0 Å². The molecule has 2 N–H and O–H groups in total. The molecule has 200 valence electrons. The number of hydrogen-bond acceptors (Lipinski definition) is 4. The van der Waals surface area contributed by atoms with Gasteiger partial charge in [-0.05, 0) is 72.9 Å². The number of aliphatic hydroxyl groups excluding tert-OH is 1. The van der Waals surface area contributed by atoms with Gasteiger partial charge in [0.25, 0.3) is 0 Å². The number of aliphatic hydroxyl groups is 1. The number of amides is 1. The summed E-state index contributed by atoms with van der Waals surface area (Å²) in [5, 5.41) is 17.6. The lowest BCUT2D eigenvalue weighted by Crippen LogP contribution is -2.36. The number of pyridine rings is 1. The van der Waals surface area contributed by atoms with E-state index in [1.807, 2.05) is 17.5 Å². The molecule has 1 aliphatic carbocycles. The van der Waals surface area contributed by atoms with Gasteiger partial charge in [0.1, 0.15) is 5.65 Å². The van der Waals surface area contributed by atoms with Crippen LogP contribution in [0.25, 0.3) is 21.9 Å². The van der Waals surface area contributed by atoms with Gasteiger partial charge in [-0.2, -0.15) is 0 Å². The van der Waals surface area contributed by atoms with Crippen LogP contribution in [0.3, 0.4) is 0 Å². The van der Waals surface area contributed by atoms with Gasteiger partial charge in [-0.25, -0.2) is 4.98 Å². The Bertz CT molecular complexity index is 1600. The first-order valence-corrected chi connectivity index (χ1v) is 14.8. The van der Waals surface area contributed by atoms with E-state index in [0.717, 1.165) is 34.6 Å². The zero-order valence-corrected chi connectivity index (χ0v) is 23.4. The van der Waals surface area contributed by atoms with Crippen molar-refractivity contribution >= 4 is 39.2 Å². The van der Waals surface area contributed by atoms with Crippen molar-refractivity contribution in [1.29, 1.82) is 0 Å². The summed E-state index contributed by atoms with van der Waals surface area (Å²) in [6, 6.07) is 22.8. The van der Waals surface area contributed by atoms with Crippen LogP contribution in [0.15, 0.2) is 72.1 Å². The van der Waals surface area contributed by atoms with E-state index in [1.165, 1.54) is 40.3 Å². The van der Waals surface area contributed by atoms with Gasteiger partial charge in [0.2, 0.25) is 5.91 Å². The highest BCUT2D eigenvalue weighted by molar-refractivity contribution is 7.10. The van der Waals surface area contributed by atoms with Gasteiger partial charge >= 0.3 is 0 Å². The Balaban J connectivity index is 1.31. The van der Waals surface area contributed by atoms with E-state index in [0.29, 0.717) is 12.5 Å². The maximum absolute atomic E-state index is 13.7. The van der Waals surface area contributed by atoms with E-state index >= 15 is 0 Å². The molecule has 1 saturated carbocycles. The van der Waals surface area contributed by atoms with Gasteiger partial charge < -0.3 is 15.0 Å². The third-order valence-electron chi connectivity index (χ3n) is 8.26. The molecule has 2 unspecified atom stereocenters. The first-order chi connectivity index (χ1) is 19.0. The monoisotopic (exact) mass is 537 g/mol. The minimum Gasteiger partial charge on any atom is -0.394 e. The molecule has 1 fully saturated rings. The molecular formula is C33H35N3O2S. The van der Waals surface area contributed by atoms with Crippen molar-refractivity contribution in [2.45, 2.75) is 58.0 Å². The first kappa shape index (κ1) is 25.8. The van der Waals surface area contributed by atoms with Crippen LogP contribution in [0, 0.1) is 19.8 Å². The van der Waals surface area contributed by atoms with Crippen LogP contribution >= 0.6 is 11.3 Å². The highest BCUT2D eigenvalue weighted by Crippen LogP contribution is 2.38. The summed E-state index contributed by atoms with van der Waals surface area (Å²) in [6.07, 6.45) is 4.46. The maximum Gasteiger partial charge on any atom is 0.228 e. The number of rotatable bonds is 8. The Kier molecular flexibility index (Phi) is 7.24. The fourth-order valence-corrected chi connectivity index (χ4v) is 7.21. The zero-order chi connectivity index (χ0) is 26.9. The molecular weight excluding hydrogens is 502 g/mol. The SMILES string of the molecule is Cc1cc(C)c2c3ccccc3n(Cc3ccc(C(C(=O)NC(CO)c4cccs4)C4CCCC4)cc3)c2n1. The molecule has 2 aromatic carbocycles.